The fourth-order valence-electron chi connectivity index (χ4n) is 2.51. The van der Waals surface area contributed by atoms with Crippen molar-refractivity contribution in [1.82, 2.24) is 15.0 Å². The van der Waals surface area contributed by atoms with E-state index in [4.69, 9.17) is 23.2 Å². The largest absolute Gasteiger partial charge is 0.324 e. The minimum Gasteiger partial charge on any atom is -0.324 e. The predicted molar refractivity (Wildman–Crippen MR) is 109 cm³/mol. The maximum absolute atomic E-state index is 12.5. The van der Waals surface area contributed by atoms with E-state index in [0.29, 0.717) is 27.1 Å². The molecule has 0 spiro atoms. The van der Waals surface area contributed by atoms with E-state index in [-0.39, 0.29) is 18.1 Å². The van der Waals surface area contributed by atoms with Crippen molar-refractivity contribution >= 4 is 46.4 Å². The van der Waals surface area contributed by atoms with E-state index in [2.05, 4.69) is 20.9 Å². The summed E-state index contributed by atoms with van der Waals surface area (Å²) in [6.07, 6.45) is 0. The molecule has 7 nitrogen and oxygen atoms in total. The Bertz CT molecular complexity index is 1010. The average Bonchev–Trinajstić information content (AvgIpc) is 2.96. The highest BCUT2D eigenvalue weighted by Gasteiger charge is 2.18. The van der Waals surface area contributed by atoms with Crippen molar-refractivity contribution in [3.8, 4) is 0 Å². The average molecular weight is 418 g/mol. The van der Waals surface area contributed by atoms with Crippen LogP contribution in [-0.2, 0) is 11.3 Å². The molecule has 0 aliphatic carbocycles. The zero-order valence-corrected chi connectivity index (χ0v) is 16.7. The van der Waals surface area contributed by atoms with E-state index in [1.807, 2.05) is 31.2 Å². The molecule has 0 unspecified atom stereocenters. The molecule has 144 valence electrons. The summed E-state index contributed by atoms with van der Waals surface area (Å²) < 4.78 is 1.36. The first kappa shape index (κ1) is 19.9. The molecule has 1 heterocycles. The van der Waals surface area contributed by atoms with Gasteiger partial charge in [0, 0.05) is 21.4 Å². The molecule has 0 bridgehead atoms. The second-order valence-electron chi connectivity index (χ2n) is 6.21. The number of rotatable bonds is 5. The fraction of sp³-hybridized carbons (Fsp3) is 0.158. The van der Waals surface area contributed by atoms with Gasteiger partial charge in [-0.15, -0.1) is 5.10 Å². The van der Waals surface area contributed by atoms with Gasteiger partial charge in [0.25, 0.3) is 5.91 Å². The number of benzene rings is 2. The molecule has 3 aromatic rings. The van der Waals surface area contributed by atoms with Gasteiger partial charge in [-0.1, -0.05) is 46.1 Å². The highest BCUT2D eigenvalue weighted by atomic mass is 35.5. The summed E-state index contributed by atoms with van der Waals surface area (Å²) in [5, 5.41) is 14.0. The van der Waals surface area contributed by atoms with Gasteiger partial charge in [-0.05, 0) is 44.2 Å². The molecule has 0 aliphatic rings. The molecule has 1 aromatic heterocycles. The lowest BCUT2D eigenvalue weighted by atomic mass is 10.2. The number of aromatic nitrogens is 3. The Kier molecular flexibility index (Phi) is 5.96. The Morgan fingerprint density at radius 3 is 2.25 bits per heavy atom. The number of hydrogen-bond acceptors (Lipinski definition) is 4. The van der Waals surface area contributed by atoms with Crippen LogP contribution in [0.3, 0.4) is 0 Å². The highest BCUT2D eigenvalue weighted by Crippen LogP contribution is 2.23. The van der Waals surface area contributed by atoms with Gasteiger partial charge in [0.05, 0.1) is 5.69 Å². The normalized spacial score (nSPS) is 10.6. The minimum atomic E-state index is -0.471. The maximum Gasteiger partial charge on any atom is 0.278 e. The number of nitrogens with one attached hydrogen (secondary N) is 2. The van der Waals surface area contributed by atoms with Gasteiger partial charge in [0.2, 0.25) is 5.91 Å². The zero-order valence-electron chi connectivity index (χ0n) is 15.2. The second kappa shape index (κ2) is 8.41. The van der Waals surface area contributed by atoms with E-state index in [1.165, 1.54) is 4.68 Å². The molecule has 2 N–H and O–H groups in total. The Morgan fingerprint density at radius 1 is 0.964 bits per heavy atom. The zero-order chi connectivity index (χ0) is 20.3. The van der Waals surface area contributed by atoms with Crippen molar-refractivity contribution in [3.05, 3.63) is 69.5 Å². The Balaban J connectivity index is 1.67. The van der Waals surface area contributed by atoms with E-state index in [9.17, 15) is 9.59 Å². The van der Waals surface area contributed by atoms with E-state index >= 15 is 0 Å². The Labute approximate surface area is 171 Å². The molecule has 2 amide bonds. The number of halogens is 2. The standard InChI is InChI=1S/C19H17Cl2N5O2/c1-11-3-5-15(6-4-11)22-17(27)10-26-12(2)18(24-25-26)19(28)23-16-8-13(20)7-14(21)9-16/h3-9H,10H2,1-2H3,(H,22,27)(H,23,28). The third-order valence-electron chi connectivity index (χ3n) is 3.95. The number of carbonyl (C=O) groups excluding carboxylic acids is 2. The molecule has 3 rings (SSSR count). The van der Waals surface area contributed by atoms with Crippen molar-refractivity contribution in [2.75, 3.05) is 10.6 Å². The summed E-state index contributed by atoms with van der Waals surface area (Å²) in [6.45, 7) is 3.57. The van der Waals surface area contributed by atoms with Gasteiger partial charge >= 0.3 is 0 Å². The lowest BCUT2D eigenvalue weighted by molar-refractivity contribution is -0.117. The first-order chi connectivity index (χ1) is 13.3. The van der Waals surface area contributed by atoms with Gasteiger partial charge in [-0.25, -0.2) is 4.68 Å². The lowest BCUT2D eigenvalue weighted by Gasteiger charge is -2.07. The highest BCUT2D eigenvalue weighted by molar-refractivity contribution is 6.35. The van der Waals surface area contributed by atoms with Crippen LogP contribution in [0, 0.1) is 13.8 Å². The molecule has 0 radical (unpaired) electrons. The topological polar surface area (TPSA) is 88.9 Å². The molecule has 28 heavy (non-hydrogen) atoms. The fourth-order valence-corrected chi connectivity index (χ4v) is 3.04. The van der Waals surface area contributed by atoms with Crippen LogP contribution in [0.15, 0.2) is 42.5 Å². The number of amides is 2. The summed E-state index contributed by atoms with van der Waals surface area (Å²) in [5.41, 5.74) is 2.79. The first-order valence-electron chi connectivity index (χ1n) is 8.36. The van der Waals surface area contributed by atoms with Gasteiger partial charge < -0.3 is 10.6 Å². The molecule has 2 aromatic carbocycles. The quantitative estimate of drug-likeness (QED) is 0.653. The van der Waals surface area contributed by atoms with Gasteiger partial charge in [-0.3, -0.25) is 9.59 Å². The van der Waals surface area contributed by atoms with Crippen molar-refractivity contribution in [2.24, 2.45) is 0 Å². The van der Waals surface area contributed by atoms with Crippen LogP contribution in [0.4, 0.5) is 11.4 Å². The summed E-state index contributed by atoms with van der Waals surface area (Å²) in [4.78, 5) is 24.7. The van der Waals surface area contributed by atoms with Crippen LogP contribution >= 0.6 is 23.2 Å². The number of nitrogens with zero attached hydrogens (tertiary/aromatic N) is 3. The molecule has 0 saturated heterocycles. The van der Waals surface area contributed by atoms with Gasteiger partial charge in [0.1, 0.15) is 6.54 Å². The van der Waals surface area contributed by atoms with Crippen LogP contribution in [-0.4, -0.2) is 26.8 Å². The summed E-state index contributed by atoms with van der Waals surface area (Å²) >= 11 is 11.9. The molecule has 0 atom stereocenters. The van der Waals surface area contributed by atoms with E-state index in [1.54, 1.807) is 25.1 Å². The van der Waals surface area contributed by atoms with Crippen LogP contribution in [0.1, 0.15) is 21.7 Å². The lowest BCUT2D eigenvalue weighted by Crippen LogP contribution is -2.21. The third kappa shape index (κ3) is 4.88. The maximum atomic E-state index is 12.5. The molecule has 0 saturated carbocycles. The number of anilines is 2. The van der Waals surface area contributed by atoms with Crippen LogP contribution < -0.4 is 10.6 Å². The summed E-state index contributed by atoms with van der Waals surface area (Å²) in [6, 6.07) is 12.1. The Morgan fingerprint density at radius 2 is 1.61 bits per heavy atom. The first-order valence-corrected chi connectivity index (χ1v) is 9.11. The molecular formula is C19H17Cl2N5O2. The molecule has 0 aliphatic heterocycles. The monoisotopic (exact) mass is 417 g/mol. The predicted octanol–water partition coefficient (Wildman–Crippen LogP) is 4.09. The molecule has 0 fully saturated rings. The smallest absolute Gasteiger partial charge is 0.278 e. The second-order valence-corrected chi connectivity index (χ2v) is 7.08. The Hall–Kier alpha value is -2.90. The molecule has 9 heteroatoms. The third-order valence-corrected chi connectivity index (χ3v) is 4.38. The van der Waals surface area contributed by atoms with Crippen molar-refractivity contribution < 1.29 is 9.59 Å². The van der Waals surface area contributed by atoms with E-state index in [0.717, 1.165) is 5.56 Å². The number of hydrogen-bond donors (Lipinski definition) is 2. The van der Waals surface area contributed by atoms with Crippen LogP contribution in [0.2, 0.25) is 10.0 Å². The van der Waals surface area contributed by atoms with Gasteiger partial charge in [0.15, 0.2) is 5.69 Å². The van der Waals surface area contributed by atoms with Crippen molar-refractivity contribution in [2.45, 2.75) is 20.4 Å². The molecular weight excluding hydrogens is 401 g/mol. The van der Waals surface area contributed by atoms with Crippen LogP contribution in [0.25, 0.3) is 0 Å². The van der Waals surface area contributed by atoms with Crippen molar-refractivity contribution in [3.63, 3.8) is 0 Å². The van der Waals surface area contributed by atoms with E-state index < -0.39 is 5.91 Å². The number of aryl methyl sites for hydroxylation is 1. The minimum absolute atomic E-state index is 0.0665. The van der Waals surface area contributed by atoms with Crippen molar-refractivity contribution in [1.29, 1.82) is 0 Å². The summed E-state index contributed by atoms with van der Waals surface area (Å²) in [7, 11) is 0. The summed E-state index contributed by atoms with van der Waals surface area (Å²) in [5.74, 6) is -0.744. The van der Waals surface area contributed by atoms with Crippen LogP contribution in [0.5, 0.6) is 0 Å². The SMILES string of the molecule is Cc1ccc(NC(=O)Cn2nnc(C(=O)Nc3cc(Cl)cc(Cl)c3)c2C)cc1. The number of carbonyl (C=O) groups is 2. The van der Waals surface area contributed by atoms with Gasteiger partial charge in [-0.2, -0.15) is 0 Å².